The second kappa shape index (κ2) is 5.84. The van der Waals surface area contributed by atoms with Crippen molar-refractivity contribution in [3.8, 4) is 0 Å². The number of hydrogen-bond donors (Lipinski definition) is 0. The number of sulfonamides is 1. The Labute approximate surface area is 114 Å². The van der Waals surface area contributed by atoms with Gasteiger partial charge in [-0.25, -0.2) is 12.7 Å². The lowest BCUT2D eigenvalue weighted by Gasteiger charge is -2.30. The van der Waals surface area contributed by atoms with Crippen molar-refractivity contribution in [3.05, 3.63) is 35.9 Å². The predicted octanol–water partition coefficient (Wildman–Crippen LogP) is 1.93. The smallest absolute Gasteiger partial charge is 0.213 e. The summed E-state index contributed by atoms with van der Waals surface area (Å²) in [5, 5.41) is 0. The number of carbonyl (C=O) groups is 1. The first-order chi connectivity index (χ1) is 9.04. The van der Waals surface area contributed by atoms with Crippen molar-refractivity contribution in [2.75, 3.05) is 18.8 Å². The van der Waals surface area contributed by atoms with E-state index in [1.54, 1.807) is 19.1 Å². The Morgan fingerprint density at radius 1 is 1.32 bits per heavy atom. The zero-order valence-electron chi connectivity index (χ0n) is 11.1. The largest absolute Gasteiger partial charge is 0.294 e. The van der Waals surface area contributed by atoms with Crippen LogP contribution in [0.3, 0.4) is 0 Å². The lowest BCUT2D eigenvalue weighted by Crippen LogP contribution is -2.42. The zero-order chi connectivity index (χ0) is 13.9. The van der Waals surface area contributed by atoms with Crippen molar-refractivity contribution in [2.45, 2.75) is 19.8 Å². The summed E-state index contributed by atoms with van der Waals surface area (Å²) in [4.78, 5) is 12.3. The van der Waals surface area contributed by atoms with Gasteiger partial charge in [-0.15, -0.1) is 0 Å². The normalized spacial score (nSPS) is 21.2. The van der Waals surface area contributed by atoms with E-state index < -0.39 is 10.0 Å². The van der Waals surface area contributed by atoms with E-state index in [0.29, 0.717) is 18.7 Å². The summed E-state index contributed by atoms with van der Waals surface area (Å²) >= 11 is 0. The van der Waals surface area contributed by atoms with Crippen LogP contribution >= 0.6 is 0 Å². The minimum Gasteiger partial charge on any atom is -0.294 e. The number of piperidine rings is 1. The molecule has 2 rings (SSSR count). The van der Waals surface area contributed by atoms with E-state index in [-0.39, 0.29) is 17.5 Å². The van der Waals surface area contributed by atoms with Gasteiger partial charge in [0.05, 0.1) is 5.75 Å². The third-order valence-electron chi connectivity index (χ3n) is 3.57. The highest BCUT2D eigenvalue weighted by molar-refractivity contribution is 7.89. The molecule has 1 atom stereocenters. The van der Waals surface area contributed by atoms with E-state index >= 15 is 0 Å². The van der Waals surface area contributed by atoms with Crippen molar-refractivity contribution in [3.63, 3.8) is 0 Å². The van der Waals surface area contributed by atoms with Gasteiger partial charge in [-0.1, -0.05) is 30.3 Å². The maximum atomic E-state index is 12.3. The van der Waals surface area contributed by atoms with Gasteiger partial charge in [-0.3, -0.25) is 4.79 Å². The molecule has 4 nitrogen and oxygen atoms in total. The average molecular weight is 281 g/mol. The fourth-order valence-corrected chi connectivity index (χ4v) is 3.61. The molecule has 1 aliphatic heterocycles. The molecule has 0 aliphatic carbocycles. The first kappa shape index (κ1) is 14.2. The molecule has 0 bridgehead atoms. The van der Waals surface area contributed by atoms with Crippen LogP contribution in [-0.4, -0.2) is 37.3 Å². The van der Waals surface area contributed by atoms with Gasteiger partial charge in [0.2, 0.25) is 10.0 Å². The fraction of sp³-hybridized carbons (Fsp3) is 0.500. The van der Waals surface area contributed by atoms with Gasteiger partial charge in [0, 0.05) is 24.6 Å². The van der Waals surface area contributed by atoms with E-state index in [9.17, 15) is 13.2 Å². The van der Waals surface area contributed by atoms with Crippen molar-refractivity contribution in [1.29, 1.82) is 0 Å². The van der Waals surface area contributed by atoms with Gasteiger partial charge in [0.15, 0.2) is 5.78 Å². The number of nitrogens with zero attached hydrogens (tertiary/aromatic N) is 1. The quantitative estimate of drug-likeness (QED) is 0.792. The summed E-state index contributed by atoms with van der Waals surface area (Å²) in [6.07, 6.45) is 1.52. The summed E-state index contributed by atoms with van der Waals surface area (Å²) < 4.78 is 25.2. The SMILES string of the molecule is CCS(=O)(=O)N1CCCC(C(=O)c2ccccc2)C1. The van der Waals surface area contributed by atoms with Crippen molar-refractivity contribution in [2.24, 2.45) is 5.92 Å². The van der Waals surface area contributed by atoms with Crippen LogP contribution in [-0.2, 0) is 10.0 Å². The van der Waals surface area contributed by atoms with E-state index in [0.717, 1.165) is 12.8 Å². The first-order valence-corrected chi connectivity index (χ1v) is 8.22. The maximum absolute atomic E-state index is 12.3. The van der Waals surface area contributed by atoms with Gasteiger partial charge in [0.25, 0.3) is 0 Å². The van der Waals surface area contributed by atoms with E-state index in [1.165, 1.54) is 4.31 Å². The third-order valence-corrected chi connectivity index (χ3v) is 5.42. The number of hydrogen-bond acceptors (Lipinski definition) is 3. The Bertz CT molecular complexity index is 539. The molecule has 5 heteroatoms. The first-order valence-electron chi connectivity index (χ1n) is 6.61. The van der Waals surface area contributed by atoms with Crippen LogP contribution in [0.2, 0.25) is 0 Å². The number of Topliss-reactive ketones (excluding diaryl/α,β-unsaturated/α-hetero) is 1. The molecule has 1 aromatic carbocycles. The highest BCUT2D eigenvalue weighted by Crippen LogP contribution is 2.23. The molecular formula is C14H19NO3S. The summed E-state index contributed by atoms with van der Waals surface area (Å²) in [7, 11) is -3.19. The van der Waals surface area contributed by atoms with Crippen molar-refractivity contribution < 1.29 is 13.2 Å². The van der Waals surface area contributed by atoms with Gasteiger partial charge in [0.1, 0.15) is 0 Å². The van der Waals surface area contributed by atoms with E-state index in [1.807, 2.05) is 18.2 Å². The molecule has 1 heterocycles. The number of benzene rings is 1. The Morgan fingerprint density at radius 2 is 2.00 bits per heavy atom. The fourth-order valence-electron chi connectivity index (χ4n) is 2.43. The molecule has 19 heavy (non-hydrogen) atoms. The van der Waals surface area contributed by atoms with Gasteiger partial charge in [-0.2, -0.15) is 0 Å². The summed E-state index contributed by atoms with van der Waals surface area (Å²) in [6, 6.07) is 9.10. The molecule has 0 aromatic heterocycles. The predicted molar refractivity (Wildman–Crippen MR) is 74.5 cm³/mol. The highest BCUT2D eigenvalue weighted by atomic mass is 32.2. The average Bonchev–Trinajstić information content (AvgIpc) is 2.47. The monoisotopic (exact) mass is 281 g/mol. The van der Waals surface area contributed by atoms with E-state index in [4.69, 9.17) is 0 Å². The van der Waals surface area contributed by atoms with Crippen LogP contribution in [0, 0.1) is 5.92 Å². The molecule has 1 aliphatic rings. The highest BCUT2D eigenvalue weighted by Gasteiger charge is 2.31. The molecule has 0 saturated carbocycles. The van der Waals surface area contributed by atoms with Crippen LogP contribution in [0.1, 0.15) is 30.1 Å². The molecule has 1 unspecified atom stereocenters. The topological polar surface area (TPSA) is 54.5 Å². The summed E-state index contributed by atoms with van der Waals surface area (Å²) in [5.41, 5.74) is 0.670. The van der Waals surface area contributed by atoms with Gasteiger partial charge in [-0.05, 0) is 19.8 Å². The van der Waals surface area contributed by atoms with Crippen LogP contribution in [0.15, 0.2) is 30.3 Å². The Balaban J connectivity index is 2.12. The molecule has 0 amide bonds. The van der Waals surface area contributed by atoms with Gasteiger partial charge >= 0.3 is 0 Å². The Kier molecular flexibility index (Phi) is 4.37. The Hall–Kier alpha value is -1.20. The molecule has 104 valence electrons. The summed E-state index contributed by atoms with van der Waals surface area (Å²) in [5.74, 6) is -0.0618. The van der Waals surface area contributed by atoms with E-state index in [2.05, 4.69) is 0 Å². The van der Waals surface area contributed by atoms with Crippen LogP contribution in [0.4, 0.5) is 0 Å². The molecule has 1 aromatic rings. The standard InChI is InChI=1S/C14H19NO3S/c1-2-19(17,18)15-10-6-9-13(11-15)14(16)12-7-4-3-5-8-12/h3-5,7-8,13H,2,6,9-11H2,1H3. The molecule has 1 fully saturated rings. The lowest BCUT2D eigenvalue weighted by molar-refractivity contribution is 0.0872. The lowest BCUT2D eigenvalue weighted by atomic mass is 9.91. The minimum absolute atomic E-state index is 0.0524. The van der Waals surface area contributed by atoms with Crippen LogP contribution in [0.5, 0.6) is 0 Å². The second-order valence-electron chi connectivity index (χ2n) is 4.83. The van der Waals surface area contributed by atoms with Crippen molar-refractivity contribution >= 4 is 15.8 Å². The maximum Gasteiger partial charge on any atom is 0.213 e. The Morgan fingerprint density at radius 3 is 2.63 bits per heavy atom. The minimum atomic E-state index is -3.19. The number of rotatable bonds is 4. The number of carbonyl (C=O) groups excluding carboxylic acids is 1. The third kappa shape index (κ3) is 3.22. The van der Waals surface area contributed by atoms with Crippen LogP contribution < -0.4 is 0 Å². The molecule has 0 N–H and O–H groups in total. The number of ketones is 1. The molecule has 1 saturated heterocycles. The summed E-state index contributed by atoms with van der Waals surface area (Å²) in [6.45, 7) is 2.50. The van der Waals surface area contributed by atoms with Crippen LogP contribution in [0.25, 0.3) is 0 Å². The van der Waals surface area contributed by atoms with Crippen molar-refractivity contribution in [1.82, 2.24) is 4.31 Å². The van der Waals surface area contributed by atoms with Gasteiger partial charge < -0.3 is 0 Å². The zero-order valence-corrected chi connectivity index (χ0v) is 11.9. The molecular weight excluding hydrogens is 262 g/mol. The molecule has 0 radical (unpaired) electrons. The second-order valence-corrected chi connectivity index (χ2v) is 7.09. The molecule has 0 spiro atoms.